The van der Waals surface area contributed by atoms with Gasteiger partial charge < -0.3 is 15.4 Å². The maximum Gasteiger partial charge on any atom is 0.422 e. The standard InChI is InChI=1S/C7H10F3N5O/c1-11-4-13-5(12-2)15-6(14-4)16-3-7(8,9)10/h3H2,1-2H3,(H2,11,12,13,14,15). The van der Waals surface area contributed by atoms with Crippen LogP contribution in [0.5, 0.6) is 6.01 Å². The van der Waals surface area contributed by atoms with Crippen molar-refractivity contribution < 1.29 is 17.9 Å². The maximum absolute atomic E-state index is 11.9. The molecule has 0 radical (unpaired) electrons. The Balaban J connectivity index is 2.79. The fraction of sp³-hybridized carbons (Fsp3) is 0.571. The number of ether oxygens (including phenoxy) is 1. The van der Waals surface area contributed by atoms with Crippen LogP contribution >= 0.6 is 0 Å². The lowest BCUT2D eigenvalue weighted by Crippen LogP contribution is -2.20. The van der Waals surface area contributed by atoms with E-state index in [-0.39, 0.29) is 17.9 Å². The van der Waals surface area contributed by atoms with Crippen molar-refractivity contribution in [2.45, 2.75) is 6.18 Å². The van der Waals surface area contributed by atoms with E-state index in [1.165, 1.54) is 14.1 Å². The Morgan fingerprint density at radius 2 is 1.56 bits per heavy atom. The van der Waals surface area contributed by atoms with E-state index in [1.807, 2.05) is 0 Å². The van der Waals surface area contributed by atoms with Crippen LogP contribution in [0, 0.1) is 0 Å². The highest BCUT2D eigenvalue weighted by molar-refractivity contribution is 5.34. The molecule has 0 spiro atoms. The third-order valence-electron chi connectivity index (χ3n) is 1.43. The minimum atomic E-state index is -4.42. The Morgan fingerprint density at radius 1 is 1.06 bits per heavy atom. The van der Waals surface area contributed by atoms with E-state index >= 15 is 0 Å². The molecule has 9 heteroatoms. The SMILES string of the molecule is CNc1nc(NC)nc(OCC(F)(F)F)n1. The van der Waals surface area contributed by atoms with Crippen molar-refractivity contribution in [3.05, 3.63) is 0 Å². The van der Waals surface area contributed by atoms with Crippen LogP contribution in [-0.4, -0.2) is 41.8 Å². The average molecular weight is 237 g/mol. The van der Waals surface area contributed by atoms with Gasteiger partial charge in [-0.1, -0.05) is 0 Å². The van der Waals surface area contributed by atoms with Gasteiger partial charge in [-0.05, 0) is 0 Å². The molecule has 1 aromatic rings. The molecular weight excluding hydrogens is 227 g/mol. The number of rotatable bonds is 4. The van der Waals surface area contributed by atoms with E-state index in [9.17, 15) is 13.2 Å². The lowest BCUT2D eigenvalue weighted by atomic mass is 10.7. The first kappa shape index (κ1) is 12.3. The van der Waals surface area contributed by atoms with Crippen molar-refractivity contribution in [3.8, 4) is 6.01 Å². The summed E-state index contributed by atoms with van der Waals surface area (Å²) in [6.45, 7) is -1.44. The molecule has 1 aromatic heterocycles. The summed E-state index contributed by atoms with van der Waals surface area (Å²) >= 11 is 0. The highest BCUT2D eigenvalue weighted by Crippen LogP contribution is 2.17. The van der Waals surface area contributed by atoms with E-state index in [2.05, 4.69) is 30.3 Å². The number of hydrogen-bond donors (Lipinski definition) is 2. The summed E-state index contributed by atoms with van der Waals surface area (Å²) in [6.07, 6.45) is -4.42. The predicted molar refractivity (Wildman–Crippen MR) is 50.5 cm³/mol. The number of halogens is 3. The molecule has 2 N–H and O–H groups in total. The molecule has 1 rings (SSSR count). The topological polar surface area (TPSA) is 72.0 Å². The van der Waals surface area contributed by atoms with E-state index in [4.69, 9.17) is 0 Å². The Bertz CT molecular complexity index is 334. The van der Waals surface area contributed by atoms with Gasteiger partial charge in [-0.25, -0.2) is 0 Å². The third kappa shape index (κ3) is 3.75. The molecule has 0 amide bonds. The summed E-state index contributed by atoms with van der Waals surface area (Å²) in [6, 6.07) is -0.388. The van der Waals surface area contributed by atoms with Crippen LogP contribution in [0.3, 0.4) is 0 Å². The second-order valence-electron chi connectivity index (χ2n) is 2.67. The molecule has 0 saturated heterocycles. The molecule has 0 bridgehead atoms. The molecule has 1 heterocycles. The van der Waals surface area contributed by atoms with Gasteiger partial charge in [0.25, 0.3) is 0 Å². The highest BCUT2D eigenvalue weighted by atomic mass is 19.4. The molecule has 90 valence electrons. The van der Waals surface area contributed by atoms with Crippen molar-refractivity contribution in [2.75, 3.05) is 31.3 Å². The fourth-order valence-corrected chi connectivity index (χ4v) is 0.791. The van der Waals surface area contributed by atoms with Crippen molar-refractivity contribution in [1.82, 2.24) is 15.0 Å². The van der Waals surface area contributed by atoms with Crippen molar-refractivity contribution in [1.29, 1.82) is 0 Å². The first-order valence-electron chi connectivity index (χ1n) is 4.25. The average Bonchev–Trinajstić information content (AvgIpc) is 2.25. The zero-order valence-corrected chi connectivity index (χ0v) is 8.59. The van der Waals surface area contributed by atoms with Crippen LogP contribution in [0.25, 0.3) is 0 Å². The lowest BCUT2D eigenvalue weighted by Gasteiger charge is -2.09. The predicted octanol–water partition coefficient (Wildman–Crippen LogP) is 0.896. The van der Waals surface area contributed by atoms with Crippen molar-refractivity contribution >= 4 is 11.9 Å². The van der Waals surface area contributed by atoms with Gasteiger partial charge in [0.05, 0.1) is 0 Å². The van der Waals surface area contributed by atoms with E-state index in [0.717, 1.165) is 0 Å². The van der Waals surface area contributed by atoms with Gasteiger partial charge in [0.2, 0.25) is 11.9 Å². The summed E-state index contributed by atoms with van der Waals surface area (Å²) in [5.74, 6) is 0.244. The molecule has 0 aromatic carbocycles. The Morgan fingerprint density at radius 3 is 1.94 bits per heavy atom. The molecule has 0 aliphatic rings. The Kier molecular flexibility index (Phi) is 3.69. The van der Waals surface area contributed by atoms with Crippen LogP contribution in [0.1, 0.15) is 0 Å². The summed E-state index contributed by atoms with van der Waals surface area (Å²) in [5, 5.41) is 5.15. The molecule has 0 unspecified atom stereocenters. The van der Waals surface area contributed by atoms with Gasteiger partial charge in [-0.3, -0.25) is 0 Å². The lowest BCUT2D eigenvalue weighted by molar-refractivity contribution is -0.154. The zero-order chi connectivity index (χ0) is 12.2. The Hall–Kier alpha value is -1.80. The molecule has 0 atom stereocenters. The van der Waals surface area contributed by atoms with Gasteiger partial charge >= 0.3 is 12.2 Å². The number of hydrogen-bond acceptors (Lipinski definition) is 6. The number of anilines is 2. The highest BCUT2D eigenvalue weighted by Gasteiger charge is 2.29. The van der Waals surface area contributed by atoms with Gasteiger partial charge in [-0.15, -0.1) is 0 Å². The maximum atomic E-state index is 11.9. The van der Waals surface area contributed by atoms with Crippen LogP contribution in [0.15, 0.2) is 0 Å². The van der Waals surface area contributed by atoms with E-state index in [1.54, 1.807) is 0 Å². The number of alkyl halides is 3. The van der Waals surface area contributed by atoms with Crippen molar-refractivity contribution in [3.63, 3.8) is 0 Å². The zero-order valence-electron chi connectivity index (χ0n) is 8.59. The molecule has 0 aliphatic carbocycles. The Labute approximate surface area is 89.3 Å². The summed E-state index contributed by atoms with van der Waals surface area (Å²) in [7, 11) is 3.06. The molecule has 0 saturated carbocycles. The summed E-state index contributed by atoms with van der Waals surface area (Å²) in [5.41, 5.74) is 0. The van der Waals surface area contributed by atoms with E-state index < -0.39 is 12.8 Å². The second-order valence-corrected chi connectivity index (χ2v) is 2.67. The van der Waals surface area contributed by atoms with Crippen LogP contribution in [0.4, 0.5) is 25.1 Å². The molecule has 6 nitrogen and oxygen atoms in total. The number of aromatic nitrogens is 3. The van der Waals surface area contributed by atoms with Crippen molar-refractivity contribution in [2.24, 2.45) is 0 Å². The quantitative estimate of drug-likeness (QED) is 0.810. The molecular formula is C7H10F3N5O. The summed E-state index contributed by atoms with van der Waals surface area (Å²) in [4.78, 5) is 11.0. The van der Waals surface area contributed by atoms with Gasteiger partial charge in [0, 0.05) is 14.1 Å². The minimum absolute atomic E-state index is 0.122. The van der Waals surface area contributed by atoms with E-state index in [0.29, 0.717) is 0 Å². The normalized spacial score (nSPS) is 11.1. The monoisotopic (exact) mass is 237 g/mol. The first-order chi connectivity index (χ1) is 7.44. The molecule has 0 fully saturated rings. The minimum Gasteiger partial charge on any atom is -0.454 e. The first-order valence-corrected chi connectivity index (χ1v) is 4.25. The van der Waals surface area contributed by atoms with Crippen LogP contribution < -0.4 is 15.4 Å². The van der Waals surface area contributed by atoms with Gasteiger partial charge in [0.1, 0.15) is 0 Å². The largest absolute Gasteiger partial charge is 0.454 e. The van der Waals surface area contributed by atoms with Crippen LogP contribution in [0.2, 0.25) is 0 Å². The third-order valence-corrected chi connectivity index (χ3v) is 1.43. The second kappa shape index (κ2) is 4.81. The van der Waals surface area contributed by atoms with Gasteiger partial charge in [-0.2, -0.15) is 28.1 Å². The fourth-order valence-electron chi connectivity index (χ4n) is 0.791. The van der Waals surface area contributed by atoms with Gasteiger partial charge in [0.15, 0.2) is 6.61 Å². The number of nitrogens with zero attached hydrogens (tertiary/aromatic N) is 3. The van der Waals surface area contributed by atoms with Crippen LogP contribution in [-0.2, 0) is 0 Å². The molecule has 0 aliphatic heterocycles. The smallest absolute Gasteiger partial charge is 0.422 e. The number of nitrogens with one attached hydrogen (secondary N) is 2. The summed E-state index contributed by atoms with van der Waals surface area (Å²) < 4.78 is 40.0. The molecule has 16 heavy (non-hydrogen) atoms.